The third-order valence-corrected chi connectivity index (χ3v) is 4.67. The summed E-state index contributed by atoms with van der Waals surface area (Å²) in [5, 5.41) is 12.9. The van der Waals surface area contributed by atoms with Crippen LogP contribution in [0.3, 0.4) is 0 Å². The lowest BCUT2D eigenvalue weighted by atomic mass is 9.97. The second kappa shape index (κ2) is 6.91. The van der Waals surface area contributed by atoms with E-state index in [0.29, 0.717) is 18.4 Å². The molecule has 1 heterocycles. The molecule has 1 aromatic carbocycles. The van der Waals surface area contributed by atoms with Crippen molar-refractivity contribution < 1.29 is 23.1 Å². The second-order valence-electron chi connectivity index (χ2n) is 5.48. The number of thioether (sulfide) groups is 1. The second-order valence-corrected chi connectivity index (χ2v) is 6.71. The average molecular weight is 333 g/mol. The monoisotopic (exact) mass is 333 g/mol. The van der Waals surface area contributed by atoms with Gasteiger partial charge < -0.3 is 10.4 Å². The summed E-state index contributed by atoms with van der Waals surface area (Å²) in [7, 11) is 0. The highest BCUT2D eigenvalue weighted by Gasteiger charge is 2.31. The highest BCUT2D eigenvalue weighted by Crippen LogP contribution is 2.29. The zero-order valence-corrected chi connectivity index (χ0v) is 12.8. The van der Waals surface area contributed by atoms with Crippen LogP contribution in [0, 0.1) is 0 Å². The molecule has 1 aliphatic heterocycles. The minimum absolute atomic E-state index is 0.00294. The summed E-state index contributed by atoms with van der Waals surface area (Å²) in [4.78, 5) is 11.8. The summed E-state index contributed by atoms with van der Waals surface area (Å²) in [6.07, 6.45) is -3.09. The molecular formula is C15H18F3NO2S. The van der Waals surface area contributed by atoms with Crippen LogP contribution in [0.5, 0.6) is 0 Å². The molecule has 0 saturated carbocycles. The molecule has 1 aliphatic rings. The zero-order chi connectivity index (χ0) is 16.2. The van der Waals surface area contributed by atoms with E-state index in [1.54, 1.807) is 11.8 Å². The predicted octanol–water partition coefficient (Wildman–Crippen LogP) is 2.62. The molecule has 1 fully saturated rings. The number of carbonyl (C=O) groups is 1. The van der Waals surface area contributed by atoms with Gasteiger partial charge in [-0.05, 0) is 42.0 Å². The molecule has 2 N–H and O–H groups in total. The fraction of sp³-hybridized carbons (Fsp3) is 0.533. The molecule has 2 rings (SSSR count). The van der Waals surface area contributed by atoms with Crippen molar-refractivity contribution in [1.82, 2.24) is 5.32 Å². The van der Waals surface area contributed by atoms with E-state index < -0.39 is 17.3 Å². The number of amides is 1. The Hall–Kier alpha value is -1.21. The molecule has 0 aliphatic carbocycles. The van der Waals surface area contributed by atoms with E-state index in [1.807, 2.05) is 0 Å². The van der Waals surface area contributed by atoms with Crippen molar-refractivity contribution in [2.24, 2.45) is 0 Å². The van der Waals surface area contributed by atoms with Crippen molar-refractivity contribution in [3.8, 4) is 0 Å². The van der Waals surface area contributed by atoms with E-state index in [0.717, 1.165) is 23.6 Å². The molecule has 3 nitrogen and oxygen atoms in total. The highest BCUT2D eigenvalue weighted by molar-refractivity contribution is 7.99. The standard InChI is InChI=1S/C15H18F3NO2S/c16-15(17,18)12-3-1-11(2-4-12)9-13(20)19-10-14(21)5-7-22-8-6-14/h1-4,21H,5-10H2,(H,19,20). The normalized spacial score (nSPS) is 18.0. The third kappa shape index (κ3) is 4.91. The number of rotatable bonds is 4. The fourth-order valence-electron chi connectivity index (χ4n) is 2.25. The Bertz CT molecular complexity index is 511. The van der Waals surface area contributed by atoms with Gasteiger partial charge in [0.05, 0.1) is 17.6 Å². The number of benzene rings is 1. The first-order valence-electron chi connectivity index (χ1n) is 7.01. The van der Waals surface area contributed by atoms with Crippen LogP contribution in [-0.4, -0.2) is 34.7 Å². The largest absolute Gasteiger partial charge is 0.416 e. The van der Waals surface area contributed by atoms with Crippen LogP contribution >= 0.6 is 11.8 Å². The number of carbonyl (C=O) groups excluding carboxylic acids is 1. The Kier molecular flexibility index (Phi) is 5.39. The Balaban J connectivity index is 1.84. The predicted molar refractivity (Wildman–Crippen MR) is 79.7 cm³/mol. The SMILES string of the molecule is O=C(Cc1ccc(C(F)(F)F)cc1)NCC1(O)CCSCC1. The molecule has 122 valence electrons. The summed E-state index contributed by atoms with van der Waals surface area (Å²) in [6.45, 7) is 0.188. The molecule has 0 spiro atoms. The third-order valence-electron chi connectivity index (χ3n) is 3.68. The van der Waals surface area contributed by atoms with Gasteiger partial charge in [0.25, 0.3) is 0 Å². The summed E-state index contributed by atoms with van der Waals surface area (Å²) >= 11 is 1.77. The van der Waals surface area contributed by atoms with Gasteiger partial charge in [-0.3, -0.25) is 4.79 Å². The number of alkyl halides is 3. The van der Waals surface area contributed by atoms with Gasteiger partial charge >= 0.3 is 6.18 Å². The van der Waals surface area contributed by atoms with E-state index in [2.05, 4.69) is 5.32 Å². The lowest BCUT2D eigenvalue weighted by Crippen LogP contribution is -2.45. The molecule has 0 radical (unpaired) electrons. The lowest BCUT2D eigenvalue weighted by Gasteiger charge is -2.31. The van der Waals surface area contributed by atoms with Crippen LogP contribution in [-0.2, 0) is 17.4 Å². The zero-order valence-electron chi connectivity index (χ0n) is 11.9. The number of halogens is 3. The summed E-state index contributed by atoms with van der Waals surface area (Å²) < 4.78 is 37.3. The van der Waals surface area contributed by atoms with Crippen molar-refractivity contribution in [2.45, 2.75) is 31.0 Å². The van der Waals surface area contributed by atoms with Gasteiger partial charge in [0.2, 0.25) is 5.91 Å². The molecule has 0 atom stereocenters. The van der Waals surface area contributed by atoms with Gasteiger partial charge in [0.15, 0.2) is 0 Å². The molecular weight excluding hydrogens is 315 g/mol. The Morgan fingerprint density at radius 3 is 2.36 bits per heavy atom. The topological polar surface area (TPSA) is 49.3 Å². The number of hydrogen-bond acceptors (Lipinski definition) is 3. The van der Waals surface area contributed by atoms with E-state index >= 15 is 0 Å². The van der Waals surface area contributed by atoms with Gasteiger partial charge in [-0.1, -0.05) is 12.1 Å². The quantitative estimate of drug-likeness (QED) is 0.890. The van der Waals surface area contributed by atoms with Gasteiger partial charge in [-0.15, -0.1) is 0 Å². The minimum atomic E-state index is -4.37. The van der Waals surface area contributed by atoms with Crippen molar-refractivity contribution >= 4 is 17.7 Å². The summed E-state index contributed by atoms with van der Waals surface area (Å²) in [6, 6.07) is 4.53. The fourth-order valence-corrected chi connectivity index (χ4v) is 3.50. The smallest absolute Gasteiger partial charge is 0.388 e. The Morgan fingerprint density at radius 2 is 1.82 bits per heavy atom. The molecule has 1 amide bonds. The highest BCUT2D eigenvalue weighted by atomic mass is 32.2. The van der Waals surface area contributed by atoms with Gasteiger partial charge in [-0.25, -0.2) is 0 Å². The van der Waals surface area contributed by atoms with Crippen LogP contribution in [0.1, 0.15) is 24.0 Å². The first-order valence-corrected chi connectivity index (χ1v) is 8.17. The summed E-state index contributed by atoms with van der Waals surface area (Å²) in [5.74, 6) is 1.43. The van der Waals surface area contributed by atoms with Crippen molar-refractivity contribution in [3.63, 3.8) is 0 Å². The molecule has 0 unspecified atom stereocenters. The molecule has 1 aromatic rings. The van der Waals surface area contributed by atoms with Crippen molar-refractivity contribution in [3.05, 3.63) is 35.4 Å². The van der Waals surface area contributed by atoms with E-state index in [4.69, 9.17) is 0 Å². The number of hydrogen-bond donors (Lipinski definition) is 2. The number of nitrogens with one attached hydrogen (secondary N) is 1. The van der Waals surface area contributed by atoms with Crippen LogP contribution in [0.15, 0.2) is 24.3 Å². The maximum absolute atomic E-state index is 12.4. The van der Waals surface area contributed by atoms with Crippen LogP contribution in [0.25, 0.3) is 0 Å². The van der Waals surface area contributed by atoms with Gasteiger partial charge in [0.1, 0.15) is 0 Å². The Labute approximate surface area is 131 Å². The first-order chi connectivity index (χ1) is 10.3. The van der Waals surface area contributed by atoms with Crippen LogP contribution in [0.4, 0.5) is 13.2 Å². The first kappa shape index (κ1) is 17.1. The molecule has 1 saturated heterocycles. The van der Waals surface area contributed by atoms with E-state index in [1.165, 1.54) is 12.1 Å². The van der Waals surface area contributed by atoms with Crippen LogP contribution < -0.4 is 5.32 Å². The molecule has 0 aromatic heterocycles. The van der Waals surface area contributed by atoms with Crippen molar-refractivity contribution in [2.75, 3.05) is 18.1 Å². The van der Waals surface area contributed by atoms with Gasteiger partial charge in [-0.2, -0.15) is 24.9 Å². The molecule has 0 bridgehead atoms. The average Bonchev–Trinajstić information content (AvgIpc) is 2.46. The lowest BCUT2D eigenvalue weighted by molar-refractivity contribution is -0.137. The molecule has 22 heavy (non-hydrogen) atoms. The summed E-state index contributed by atoms with van der Waals surface area (Å²) in [5.41, 5.74) is -1.08. The number of aliphatic hydroxyl groups is 1. The van der Waals surface area contributed by atoms with Crippen LogP contribution in [0.2, 0.25) is 0 Å². The van der Waals surface area contributed by atoms with E-state index in [-0.39, 0.29) is 18.9 Å². The van der Waals surface area contributed by atoms with Gasteiger partial charge in [0, 0.05) is 6.54 Å². The van der Waals surface area contributed by atoms with Crippen molar-refractivity contribution in [1.29, 1.82) is 0 Å². The Morgan fingerprint density at radius 1 is 1.23 bits per heavy atom. The maximum atomic E-state index is 12.4. The maximum Gasteiger partial charge on any atom is 0.416 e. The molecule has 7 heteroatoms. The minimum Gasteiger partial charge on any atom is -0.388 e. The van der Waals surface area contributed by atoms with E-state index in [9.17, 15) is 23.1 Å².